The molecule has 4 heteroatoms. The third-order valence-electron chi connectivity index (χ3n) is 3.73. The van der Waals surface area contributed by atoms with Crippen LogP contribution in [0.1, 0.15) is 35.2 Å². The standard InChI is InChI=1S/C20H24N2O2/c23-19(14-8-7-11-17-9-3-1-4-10-17)21-15-16-22-20(24)18-12-5-2-6-13-18/h1-6,9-10,12-13H,7-8,11,14-16H2,(H,21,23)(H,22,24). The fourth-order valence-corrected chi connectivity index (χ4v) is 2.42. The van der Waals surface area contributed by atoms with Crippen LogP contribution in [0, 0.1) is 0 Å². The molecule has 2 N–H and O–H groups in total. The predicted molar refractivity (Wildman–Crippen MR) is 95.8 cm³/mol. The summed E-state index contributed by atoms with van der Waals surface area (Å²) < 4.78 is 0. The second kappa shape index (κ2) is 10.2. The SMILES string of the molecule is O=C(CCCCc1ccccc1)NCCNC(=O)c1ccccc1. The van der Waals surface area contributed by atoms with E-state index < -0.39 is 0 Å². The summed E-state index contributed by atoms with van der Waals surface area (Å²) in [5, 5.41) is 5.62. The van der Waals surface area contributed by atoms with Gasteiger partial charge in [-0.15, -0.1) is 0 Å². The lowest BCUT2D eigenvalue weighted by Gasteiger charge is -2.07. The number of hydrogen-bond acceptors (Lipinski definition) is 2. The molecule has 0 saturated carbocycles. The number of carbonyl (C=O) groups is 2. The van der Waals surface area contributed by atoms with Gasteiger partial charge in [-0.3, -0.25) is 9.59 Å². The lowest BCUT2D eigenvalue weighted by molar-refractivity contribution is -0.121. The maximum atomic E-state index is 11.8. The summed E-state index contributed by atoms with van der Waals surface area (Å²) in [4.78, 5) is 23.6. The molecule has 2 rings (SSSR count). The van der Waals surface area contributed by atoms with Gasteiger partial charge in [-0.05, 0) is 37.0 Å². The molecule has 0 fully saturated rings. The second-order valence-corrected chi connectivity index (χ2v) is 5.66. The Hall–Kier alpha value is -2.62. The van der Waals surface area contributed by atoms with Gasteiger partial charge in [0, 0.05) is 25.1 Å². The van der Waals surface area contributed by atoms with Crippen LogP contribution in [0.5, 0.6) is 0 Å². The van der Waals surface area contributed by atoms with Gasteiger partial charge in [-0.25, -0.2) is 0 Å². The van der Waals surface area contributed by atoms with Gasteiger partial charge in [0.05, 0.1) is 0 Å². The molecule has 126 valence electrons. The van der Waals surface area contributed by atoms with E-state index in [9.17, 15) is 9.59 Å². The quantitative estimate of drug-likeness (QED) is 0.697. The van der Waals surface area contributed by atoms with Gasteiger partial charge >= 0.3 is 0 Å². The summed E-state index contributed by atoms with van der Waals surface area (Å²) >= 11 is 0. The Balaban J connectivity index is 1.51. The van der Waals surface area contributed by atoms with Gasteiger partial charge in [0.15, 0.2) is 0 Å². The van der Waals surface area contributed by atoms with Crippen molar-refractivity contribution in [3.63, 3.8) is 0 Å². The van der Waals surface area contributed by atoms with E-state index in [-0.39, 0.29) is 11.8 Å². The molecule has 0 bridgehead atoms. The molecule has 0 atom stereocenters. The number of benzene rings is 2. The van der Waals surface area contributed by atoms with Gasteiger partial charge < -0.3 is 10.6 Å². The van der Waals surface area contributed by atoms with Crippen LogP contribution in [-0.4, -0.2) is 24.9 Å². The van der Waals surface area contributed by atoms with E-state index in [1.54, 1.807) is 12.1 Å². The van der Waals surface area contributed by atoms with Crippen molar-refractivity contribution in [1.82, 2.24) is 10.6 Å². The molecule has 0 unspecified atom stereocenters. The van der Waals surface area contributed by atoms with Crippen LogP contribution in [0.15, 0.2) is 60.7 Å². The third-order valence-corrected chi connectivity index (χ3v) is 3.73. The van der Waals surface area contributed by atoms with Crippen LogP contribution >= 0.6 is 0 Å². The first-order valence-electron chi connectivity index (χ1n) is 8.39. The topological polar surface area (TPSA) is 58.2 Å². The monoisotopic (exact) mass is 324 g/mol. The van der Waals surface area contributed by atoms with Crippen LogP contribution in [0.3, 0.4) is 0 Å². The minimum atomic E-state index is -0.118. The third kappa shape index (κ3) is 6.65. The average Bonchev–Trinajstić information content (AvgIpc) is 2.64. The zero-order valence-corrected chi connectivity index (χ0v) is 13.8. The first kappa shape index (κ1) is 17.7. The fraction of sp³-hybridized carbons (Fsp3) is 0.300. The molecule has 0 aliphatic carbocycles. The van der Waals surface area contributed by atoms with Crippen molar-refractivity contribution >= 4 is 11.8 Å². The highest BCUT2D eigenvalue weighted by Crippen LogP contribution is 2.06. The highest BCUT2D eigenvalue weighted by molar-refractivity contribution is 5.94. The van der Waals surface area contributed by atoms with Gasteiger partial charge in [-0.2, -0.15) is 0 Å². The molecule has 0 aliphatic heterocycles. The summed E-state index contributed by atoms with van der Waals surface area (Å²) in [7, 11) is 0. The molecule has 4 nitrogen and oxygen atoms in total. The zero-order valence-electron chi connectivity index (χ0n) is 13.8. The van der Waals surface area contributed by atoms with Gasteiger partial charge in [-0.1, -0.05) is 48.5 Å². The van der Waals surface area contributed by atoms with Crippen LogP contribution in [-0.2, 0) is 11.2 Å². The molecule has 2 aromatic rings. The lowest BCUT2D eigenvalue weighted by atomic mass is 10.1. The Bertz CT molecular complexity index is 627. The van der Waals surface area contributed by atoms with Gasteiger partial charge in [0.25, 0.3) is 5.91 Å². The first-order valence-corrected chi connectivity index (χ1v) is 8.39. The van der Waals surface area contributed by atoms with Gasteiger partial charge in [0.1, 0.15) is 0 Å². The van der Waals surface area contributed by atoms with Crippen molar-refractivity contribution in [1.29, 1.82) is 0 Å². The number of nitrogens with one attached hydrogen (secondary N) is 2. The van der Waals surface area contributed by atoms with E-state index >= 15 is 0 Å². The highest BCUT2D eigenvalue weighted by Gasteiger charge is 2.04. The van der Waals surface area contributed by atoms with Crippen molar-refractivity contribution in [2.75, 3.05) is 13.1 Å². The zero-order chi connectivity index (χ0) is 17.0. The Morgan fingerprint density at radius 1 is 0.750 bits per heavy atom. The van der Waals surface area contributed by atoms with Crippen molar-refractivity contribution in [2.45, 2.75) is 25.7 Å². The first-order chi connectivity index (χ1) is 11.8. The van der Waals surface area contributed by atoms with Crippen molar-refractivity contribution in [2.24, 2.45) is 0 Å². The van der Waals surface area contributed by atoms with E-state index in [0.717, 1.165) is 19.3 Å². The maximum absolute atomic E-state index is 11.8. The number of rotatable bonds is 9. The van der Waals surface area contributed by atoms with E-state index in [1.165, 1.54) is 5.56 Å². The van der Waals surface area contributed by atoms with Crippen molar-refractivity contribution in [3.8, 4) is 0 Å². The molecule has 0 spiro atoms. The second-order valence-electron chi connectivity index (χ2n) is 5.66. The Morgan fingerprint density at radius 3 is 2.08 bits per heavy atom. The minimum absolute atomic E-state index is 0.0389. The fourth-order valence-electron chi connectivity index (χ4n) is 2.42. The van der Waals surface area contributed by atoms with E-state index in [4.69, 9.17) is 0 Å². The van der Waals surface area contributed by atoms with Gasteiger partial charge in [0.2, 0.25) is 5.91 Å². The molecule has 0 aromatic heterocycles. The highest BCUT2D eigenvalue weighted by atomic mass is 16.2. The molecule has 0 aliphatic rings. The average molecular weight is 324 g/mol. The van der Waals surface area contributed by atoms with Crippen LogP contribution in [0.4, 0.5) is 0 Å². The molecule has 0 radical (unpaired) electrons. The largest absolute Gasteiger partial charge is 0.354 e. The van der Waals surface area contributed by atoms with Crippen molar-refractivity contribution < 1.29 is 9.59 Å². The van der Waals surface area contributed by atoms with Crippen molar-refractivity contribution in [3.05, 3.63) is 71.8 Å². The summed E-state index contributed by atoms with van der Waals surface area (Å²) in [6.45, 7) is 0.888. The number of amides is 2. The number of unbranched alkanes of at least 4 members (excludes halogenated alkanes) is 1. The maximum Gasteiger partial charge on any atom is 0.251 e. The number of carbonyl (C=O) groups excluding carboxylic acids is 2. The Labute approximate surface area is 143 Å². The van der Waals surface area contributed by atoms with E-state index in [2.05, 4.69) is 22.8 Å². The van der Waals surface area contributed by atoms with Crippen LogP contribution in [0.2, 0.25) is 0 Å². The summed E-state index contributed by atoms with van der Waals surface area (Å²) in [6, 6.07) is 19.3. The molecular formula is C20H24N2O2. The lowest BCUT2D eigenvalue weighted by Crippen LogP contribution is -2.34. The molecule has 2 amide bonds. The molecule has 24 heavy (non-hydrogen) atoms. The number of aryl methyl sites for hydroxylation is 1. The summed E-state index contributed by atoms with van der Waals surface area (Å²) in [5.74, 6) is -0.0790. The smallest absolute Gasteiger partial charge is 0.251 e. The van der Waals surface area contributed by atoms with Crippen LogP contribution in [0.25, 0.3) is 0 Å². The molecular weight excluding hydrogens is 300 g/mol. The van der Waals surface area contributed by atoms with E-state index in [1.807, 2.05) is 36.4 Å². The Morgan fingerprint density at radius 2 is 1.38 bits per heavy atom. The molecule has 0 saturated heterocycles. The molecule has 2 aromatic carbocycles. The van der Waals surface area contributed by atoms with E-state index in [0.29, 0.717) is 25.1 Å². The summed E-state index contributed by atoms with van der Waals surface area (Å²) in [5.41, 5.74) is 1.94. The van der Waals surface area contributed by atoms with Crippen LogP contribution < -0.4 is 10.6 Å². The normalized spacial score (nSPS) is 10.2. The molecule has 0 heterocycles. The Kier molecular flexibility index (Phi) is 7.54. The predicted octanol–water partition coefficient (Wildman–Crippen LogP) is 2.95. The number of hydrogen-bond donors (Lipinski definition) is 2. The summed E-state index contributed by atoms with van der Waals surface area (Å²) in [6.07, 6.45) is 3.40. The minimum Gasteiger partial charge on any atom is -0.354 e.